The summed E-state index contributed by atoms with van der Waals surface area (Å²) in [6.45, 7) is 4.62. The van der Waals surface area contributed by atoms with Crippen molar-refractivity contribution in [2.75, 3.05) is 18.4 Å². The van der Waals surface area contributed by atoms with Gasteiger partial charge in [0.05, 0.1) is 11.1 Å². The number of aromatic nitrogens is 4. The zero-order valence-corrected chi connectivity index (χ0v) is 16.4. The lowest BCUT2D eigenvalue weighted by Crippen LogP contribution is -2.45. The Morgan fingerprint density at radius 2 is 2.04 bits per heavy atom. The van der Waals surface area contributed by atoms with Gasteiger partial charge in [0.2, 0.25) is 5.82 Å². The van der Waals surface area contributed by atoms with Crippen molar-refractivity contribution in [3.05, 3.63) is 40.8 Å². The number of H-pyrrole nitrogens is 1. The van der Waals surface area contributed by atoms with Crippen LogP contribution in [0.2, 0.25) is 5.02 Å². The van der Waals surface area contributed by atoms with Gasteiger partial charge in [0.25, 0.3) is 5.91 Å². The van der Waals surface area contributed by atoms with E-state index in [0.717, 1.165) is 5.69 Å². The molecule has 3 N–H and O–H groups in total. The maximum atomic E-state index is 13.0. The number of carbonyl (C=O) groups is 1. The summed E-state index contributed by atoms with van der Waals surface area (Å²) < 4.78 is 0. The first-order valence-electron chi connectivity index (χ1n) is 9.09. The average Bonchev–Trinajstić information content (AvgIpc) is 3.06. The summed E-state index contributed by atoms with van der Waals surface area (Å²) in [6.07, 6.45) is 1.05. The highest BCUT2D eigenvalue weighted by Gasteiger charge is 2.31. The molecule has 1 amide bonds. The van der Waals surface area contributed by atoms with Crippen molar-refractivity contribution < 1.29 is 9.90 Å². The Hall–Kier alpha value is -2.71. The predicted molar refractivity (Wildman–Crippen MR) is 107 cm³/mol. The van der Waals surface area contributed by atoms with Gasteiger partial charge in [-0.1, -0.05) is 11.6 Å². The molecule has 9 heteroatoms. The number of rotatable bonds is 3. The number of aliphatic hydroxyl groups is 1. The minimum absolute atomic E-state index is 0.103. The van der Waals surface area contributed by atoms with E-state index in [1.807, 2.05) is 13.0 Å². The zero-order chi connectivity index (χ0) is 19.9. The summed E-state index contributed by atoms with van der Waals surface area (Å²) in [5.41, 5.74) is 0.777. The molecule has 3 heterocycles. The molecular weight excluding hydrogens is 380 g/mol. The number of likely N-dealkylation sites (tertiary alicyclic amines) is 1. The van der Waals surface area contributed by atoms with Crippen LogP contribution in [0.3, 0.4) is 0 Å². The lowest BCUT2D eigenvalue weighted by atomic mass is 9.94. The smallest absolute Gasteiger partial charge is 0.291 e. The Morgan fingerprint density at radius 3 is 2.71 bits per heavy atom. The number of piperidine rings is 1. The van der Waals surface area contributed by atoms with Gasteiger partial charge >= 0.3 is 0 Å². The van der Waals surface area contributed by atoms with Gasteiger partial charge < -0.3 is 15.3 Å². The van der Waals surface area contributed by atoms with Crippen molar-refractivity contribution in [2.45, 2.75) is 32.3 Å². The number of benzene rings is 1. The highest BCUT2D eigenvalue weighted by Crippen LogP contribution is 2.27. The molecule has 8 nitrogen and oxygen atoms in total. The molecule has 1 aliphatic heterocycles. The van der Waals surface area contributed by atoms with Crippen LogP contribution in [0.25, 0.3) is 10.9 Å². The van der Waals surface area contributed by atoms with E-state index in [1.54, 1.807) is 30.0 Å². The summed E-state index contributed by atoms with van der Waals surface area (Å²) in [5, 5.41) is 21.5. The summed E-state index contributed by atoms with van der Waals surface area (Å²) >= 11 is 6.14. The molecule has 28 heavy (non-hydrogen) atoms. The van der Waals surface area contributed by atoms with Crippen LogP contribution in [0.1, 0.15) is 36.1 Å². The highest BCUT2D eigenvalue weighted by atomic mass is 35.5. The second-order valence-electron chi connectivity index (χ2n) is 7.41. The summed E-state index contributed by atoms with van der Waals surface area (Å²) in [4.78, 5) is 23.6. The van der Waals surface area contributed by atoms with Gasteiger partial charge in [-0.3, -0.25) is 9.89 Å². The molecule has 1 fully saturated rings. The molecule has 0 aliphatic carbocycles. The molecule has 0 spiro atoms. The number of carbonyl (C=O) groups excluding carboxylic acids is 1. The SMILES string of the molecule is Cc1cc(Nc2nc(C(=O)N3CCC(C)(O)CC3)nc3ccc(Cl)cc23)n[nH]1. The van der Waals surface area contributed by atoms with Crippen molar-refractivity contribution in [3.8, 4) is 0 Å². The zero-order valence-electron chi connectivity index (χ0n) is 15.7. The fourth-order valence-electron chi connectivity index (χ4n) is 3.23. The Bertz CT molecular complexity index is 1040. The van der Waals surface area contributed by atoms with Crippen LogP contribution in [-0.4, -0.2) is 54.8 Å². The summed E-state index contributed by atoms with van der Waals surface area (Å²) in [7, 11) is 0. The molecule has 0 unspecified atom stereocenters. The fraction of sp³-hybridized carbons (Fsp3) is 0.368. The lowest BCUT2D eigenvalue weighted by molar-refractivity contribution is -0.00236. The van der Waals surface area contributed by atoms with Crippen molar-refractivity contribution in [2.24, 2.45) is 0 Å². The first-order chi connectivity index (χ1) is 13.3. The lowest BCUT2D eigenvalue weighted by Gasteiger charge is -2.35. The second kappa shape index (κ2) is 7.03. The molecule has 3 aromatic rings. The van der Waals surface area contributed by atoms with Crippen molar-refractivity contribution >= 4 is 40.0 Å². The minimum Gasteiger partial charge on any atom is -0.390 e. The number of fused-ring (bicyclic) bond motifs is 1. The van der Waals surface area contributed by atoms with Gasteiger partial charge in [-0.25, -0.2) is 9.97 Å². The van der Waals surface area contributed by atoms with Crippen LogP contribution in [0.15, 0.2) is 24.3 Å². The van der Waals surface area contributed by atoms with Gasteiger partial charge in [-0.15, -0.1) is 0 Å². The number of aromatic amines is 1. The number of amides is 1. The number of aryl methyl sites for hydroxylation is 1. The molecule has 4 rings (SSSR count). The van der Waals surface area contributed by atoms with Gasteiger partial charge in [0, 0.05) is 35.3 Å². The topological polar surface area (TPSA) is 107 Å². The second-order valence-corrected chi connectivity index (χ2v) is 7.84. The number of nitrogens with zero attached hydrogens (tertiary/aromatic N) is 4. The minimum atomic E-state index is -0.734. The Balaban J connectivity index is 1.71. The maximum Gasteiger partial charge on any atom is 0.291 e. The van der Waals surface area contributed by atoms with Crippen molar-refractivity contribution in [1.29, 1.82) is 0 Å². The number of hydrogen-bond donors (Lipinski definition) is 3. The van der Waals surface area contributed by atoms with Crippen LogP contribution >= 0.6 is 11.6 Å². The quantitative estimate of drug-likeness (QED) is 0.623. The molecule has 0 radical (unpaired) electrons. The van der Waals surface area contributed by atoms with Crippen LogP contribution in [0, 0.1) is 6.92 Å². The maximum absolute atomic E-state index is 13.0. The van der Waals surface area contributed by atoms with Crippen molar-refractivity contribution in [3.63, 3.8) is 0 Å². The first-order valence-corrected chi connectivity index (χ1v) is 9.46. The average molecular weight is 401 g/mol. The van der Waals surface area contributed by atoms with E-state index in [-0.39, 0.29) is 11.7 Å². The predicted octanol–water partition coefficient (Wildman–Crippen LogP) is 3.05. The van der Waals surface area contributed by atoms with Crippen LogP contribution < -0.4 is 5.32 Å². The van der Waals surface area contributed by atoms with E-state index in [2.05, 4.69) is 25.5 Å². The highest BCUT2D eigenvalue weighted by molar-refractivity contribution is 6.31. The molecule has 2 aromatic heterocycles. The largest absolute Gasteiger partial charge is 0.390 e. The summed E-state index contributed by atoms with van der Waals surface area (Å²) in [5.74, 6) is 0.899. The normalized spacial score (nSPS) is 16.4. The van der Waals surface area contributed by atoms with Gasteiger partial charge in [-0.2, -0.15) is 5.10 Å². The van der Waals surface area contributed by atoms with Crippen LogP contribution in [-0.2, 0) is 0 Å². The molecule has 1 aromatic carbocycles. The first kappa shape index (κ1) is 18.6. The Labute approximate surface area is 166 Å². The molecule has 146 valence electrons. The monoisotopic (exact) mass is 400 g/mol. The van der Waals surface area contributed by atoms with Gasteiger partial charge in [-0.05, 0) is 44.9 Å². The van der Waals surface area contributed by atoms with Gasteiger partial charge in [0.15, 0.2) is 5.82 Å². The number of anilines is 2. The van der Waals surface area contributed by atoms with Crippen LogP contribution in [0.4, 0.5) is 11.6 Å². The van der Waals surface area contributed by atoms with E-state index < -0.39 is 5.60 Å². The molecule has 0 atom stereocenters. The molecule has 1 saturated heterocycles. The third-order valence-electron chi connectivity index (χ3n) is 4.93. The Morgan fingerprint density at radius 1 is 1.29 bits per heavy atom. The Kier molecular flexibility index (Phi) is 4.68. The standard InChI is InChI=1S/C19H21ClN6O2/c1-11-9-15(25-24-11)22-16-13-10-12(20)3-4-14(13)21-17(23-16)18(27)26-7-5-19(2,28)6-8-26/h3-4,9-10,28H,5-8H2,1-2H3,(H2,21,22,23,24,25). The third kappa shape index (κ3) is 3.79. The summed E-state index contributed by atoms with van der Waals surface area (Å²) in [6, 6.07) is 7.08. The van der Waals surface area contributed by atoms with Gasteiger partial charge in [0.1, 0.15) is 5.82 Å². The number of hydrogen-bond acceptors (Lipinski definition) is 6. The third-order valence-corrected chi connectivity index (χ3v) is 5.16. The van der Waals surface area contributed by atoms with E-state index >= 15 is 0 Å². The van der Waals surface area contributed by atoms with E-state index in [0.29, 0.717) is 53.5 Å². The molecule has 0 saturated carbocycles. The van der Waals surface area contributed by atoms with E-state index in [9.17, 15) is 9.90 Å². The molecule has 1 aliphatic rings. The molecular formula is C19H21ClN6O2. The number of nitrogens with one attached hydrogen (secondary N) is 2. The van der Waals surface area contributed by atoms with Crippen molar-refractivity contribution in [1.82, 2.24) is 25.1 Å². The van der Waals surface area contributed by atoms with E-state index in [1.165, 1.54) is 0 Å². The van der Waals surface area contributed by atoms with Crippen LogP contribution in [0.5, 0.6) is 0 Å². The molecule has 0 bridgehead atoms. The fourth-order valence-corrected chi connectivity index (χ4v) is 3.40. The van der Waals surface area contributed by atoms with E-state index in [4.69, 9.17) is 11.6 Å². The number of halogens is 1.